The fraction of sp³-hybridized carbons (Fsp3) is 0.478. The molecule has 14 nitrogen and oxygen atoms in total. The Morgan fingerprint density at radius 3 is 1.73 bits per heavy atom. The fourth-order valence-electron chi connectivity index (χ4n) is 3.64. The molecule has 0 aliphatic carbocycles. The van der Waals surface area contributed by atoms with Gasteiger partial charge in [-0.25, -0.2) is 14.5 Å². The highest BCUT2D eigenvalue weighted by Gasteiger charge is 2.45. The average molecular weight is 520 g/mol. The number of barbiturate groups is 2. The second-order valence-corrected chi connectivity index (χ2v) is 8.26. The molecule has 0 aromatic rings. The van der Waals surface area contributed by atoms with Crippen molar-refractivity contribution >= 4 is 47.6 Å². The number of carbonyl (C=O) groups excluding carboxylic acids is 6. The second-order valence-electron chi connectivity index (χ2n) is 8.26. The van der Waals surface area contributed by atoms with Crippen LogP contribution in [0, 0.1) is 5.92 Å². The van der Waals surface area contributed by atoms with Crippen LogP contribution in [-0.2, 0) is 28.8 Å². The van der Waals surface area contributed by atoms with Gasteiger partial charge < -0.3 is 10.2 Å². The van der Waals surface area contributed by atoms with Crippen molar-refractivity contribution in [3.05, 3.63) is 23.8 Å². The molecule has 2 heterocycles. The second kappa shape index (κ2) is 12.6. The monoisotopic (exact) mass is 520 g/mol. The zero-order valence-electron chi connectivity index (χ0n) is 20.4. The van der Waals surface area contributed by atoms with Crippen LogP contribution in [0.5, 0.6) is 0 Å². The van der Waals surface area contributed by atoms with Crippen LogP contribution in [-0.4, -0.2) is 104 Å². The summed E-state index contributed by atoms with van der Waals surface area (Å²) in [5.41, 5.74) is -0.565. The van der Waals surface area contributed by atoms with E-state index in [1.54, 1.807) is 6.92 Å². The van der Waals surface area contributed by atoms with E-state index in [0.717, 1.165) is 28.0 Å². The van der Waals surface area contributed by atoms with Gasteiger partial charge in [0.1, 0.15) is 24.6 Å². The van der Waals surface area contributed by atoms with E-state index in [0.29, 0.717) is 35.5 Å². The van der Waals surface area contributed by atoms with E-state index in [2.05, 4.69) is 0 Å². The number of aliphatic carboxylic acids is 2. The van der Waals surface area contributed by atoms with Crippen LogP contribution in [0.25, 0.3) is 0 Å². The van der Waals surface area contributed by atoms with Crippen molar-refractivity contribution in [1.29, 1.82) is 0 Å². The van der Waals surface area contributed by atoms with E-state index >= 15 is 0 Å². The lowest BCUT2D eigenvalue weighted by atomic mass is 10.0. The van der Waals surface area contributed by atoms with E-state index in [4.69, 9.17) is 10.2 Å². The molecule has 200 valence electrons. The maximum atomic E-state index is 12.9. The highest BCUT2D eigenvalue weighted by molar-refractivity contribution is 6.29. The third kappa shape index (κ3) is 6.45. The Labute approximate surface area is 211 Å². The number of allylic oxidation sites excluding steroid dienone is 2. The predicted octanol–water partition coefficient (Wildman–Crippen LogP) is 0.436. The SMILES string of the molecule is CCCCN1C(=O)C(=CC=CC2C(=O)N(CCCC)C(=O)N(CC(=O)O)C2=O)C(=O)N(CC(=O)O)C1=O. The first kappa shape index (κ1) is 28.9. The molecule has 0 spiro atoms. The molecule has 2 saturated heterocycles. The van der Waals surface area contributed by atoms with Gasteiger partial charge in [-0.3, -0.25) is 43.5 Å². The minimum atomic E-state index is -1.60. The number of rotatable bonds is 12. The van der Waals surface area contributed by atoms with Gasteiger partial charge in [0, 0.05) is 13.1 Å². The molecular formula is C23H28N4O10. The Balaban J connectivity index is 2.42. The number of nitrogens with zero attached hydrogens (tertiary/aromatic N) is 4. The summed E-state index contributed by atoms with van der Waals surface area (Å²) in [6, 6.07) is -2.13. The van der Waals surface area contributed by atoms with Crippen molar-refractivity contribution in [2.24, 2.45) is 5.92 Å². The van der Waals surface area contributed by atoms with Crippen molar-refractivity contribution in [3.8, 4) is 0 Å². The van der Waals surface area contributed by atoms with Crippen molar-refractivity contribution in [2.75, 3.05) is 26.2 Å². The molecule has 2 aliphatic rings. The Morgan fingerprint density at radius 2 is 1.19 bits per heavy atom. The number of unbranched alkanes of at least 4 members (excludes halogenated alkanes) is 2. The minimum absolute atomic E-state index is 0.0430. The van der Waals surface area contributed by atoms with Crippen LogP contribution in [0.3, 0.4) is 0 Å². The molecule has 2 rings (SSSR count). The van der Waals surface area contributed by atoms with E-state index < -0.39 is 72.2 Å². The number of amides is 8. The van der Waals surface area contributed by atoms with Crippen molar-refractivity contribution in [3.63, 3.8) is 0 Å². The van der Waals surface area contributed by atoms with Gasteiger partial charge in [-0.2, -0.15) is 0 Å². The highest BCUT2D eigenvalue weighted by Crippen LogP contribution is 2.22. The molecule has 2 fully saturated rings. The van der Waals surface area contributed by atoms with Crippen LogP contribution in [0.15, 0.2) is 23.8 Å². The molecule has 0 radical (unpaired) electrons. The number of carboxylic acid groups (broad SMARTS) is 2. The van der Waals surface area contributed by atoms with Gasteiger partial charge in [0.25, 0.3) is 11.8 Å². The molecule has 0 saturated carbocycles. The number of hydrogen-bond acceptors (Lipinski definition) is 8. The molecule has 0 aromatic carbocycles. The van der Waals surface area contributed by atoms with Crippen LogP contribution < -0.4 is 0 Å². The summed E-state index contributed by atoms with van der Waals surface area (Å²) in [7, 11) is 0. The summed E-state index contributed by atoms with van der Waals surface area (Å²) in [4.78, 5) is 101. The quantitative estimate of drug-likeness (QED) is 0.207. The molecule has 0 bridgehead atoms. The molecule has 2 aliphatic heterocycles. The Morgan fingerprint density at radius 1 is 0.730 bits per heavy atom. The van der Waals surface area contributed by atoms with Gasteiger partial charge in [0.2, 0.25) is 11.8 Å². The predicted molar refractivity (Wildman–Crippen MR) is 123 cm³/mol. The summed E-state index contributed by atoms with van der Waals surface area (Å²) in [5.74, 6) is -8.67. The Kier molecular flexibility index (Phi) is 9.80. The van der Waals surface area contributed by atoms with E-state index in [1.807, 2.05) is 6.92 Å². The Bertz CT molecular complexity index is 1080. The molecule has 1 atom stereocenters. The summed E-state index contributed by atoms with van der Waals surface area (Å²) >= 11 is 0. The zero-order valence-corrected chi connectivity index (χ0v) is 20.4. The maximum absolute atomic E-state index is 12.9. The van der Waals surface area contributed by atoms with Crippen LogP contribution in [0.4, 0.5) is 9.59 Å². The summed E-state index contributed by atoms with van der Waals surface area (Å²) < 4.78 is 0. The molecule has 37 heavy (non-hydrogen) atoms. The standard InChI is InChI=1S/C23H28N4O10/c1-3-5-10-24-18(32)14(20(34)26(22(24)36)12-16(28)29)8-7-9-15-19(33)25(11-6-4-2)23(37)27(21(15)35)13-17(30)31/h7-9,14H,3-6,10-13H2,1-2H3,(H,28,29)(H,30,31). The number of carbonyl (C=O) groups is 8. The summed E-state index contributed by atoms with van der Waals surface area (Å²) in [6.07, 6.45) is 5.02. The lowest BCUT2D eigenvalue weighted by Crippen LogP contribution is -2.60. The van der Waals surface area contributed by atoms with Gasteiger partial charge in [-0.05, 0) is 18.9 Å². The normalized spacial score (nSPS) is 20.2. The third-order valence-corrected chi connectivity index (χ3v) is 5.56. The largest absolute Gasteiger partial charge is 0.480 e. The highest BCUT2D eigenvalue weighted by atomic mass is 16.4. The van der Waals surface area contributed by atoms with Crippen molar-refractivity contribution in [1.82, 2.24) is 19.6 Å². The van der Waals surface area contributed by atoms with E-state index in [1.165, 1.54) is 0 Å². The smallest absolute Gasteiger partial charge is 0.334 e. The molecule has 8 amide bonds. The first-order chi connectivity index (χ1) is 17.5. The van der Waals surface area contributed by atoms with Gasteiger partial charge in [0.15, 0.2) is 0 Å². The Hall–Kier alpha value is -4.36. The number of urea groups is 2. The first-order valence-electron chi connectivity index (χ1n) is 11.6. The van der Waals surface area contributed by atoms with Crippen LogP contribution >= 0.6 is 0 Å². The molecular weight excluding hydrogens is 492 g/mol. The van der Waals surface area contributed by atoms with Crippen molar-refractivity contribution < 1.29 is 48.6 Å². The van der Waals surface area contributed by atoms with Gasteiger partial charge in [-0.15, -0.1) is 0 Å². The third-order valence-electron chi connectivity index (χ3n) is 5.56. The molecule has 1 unspecified atom stereocenters. The maximum Gasteiger partial charge on any atom is 0.334 e. The van der Waals surface area contributed by atoms with Gasteiger partial charge >= 0.3 is 24.0 Å². The zero-order chi connectivity index (χ0) is 27.9. The lowest BCUT2D eigenvalue weighted by Gasteiger charge is -2.35. The number of imide groups is 4. The van der Waals surface area contributed by atoms with Gasteiger partial charge in [-0.1, -0.05) is 38.8 Å². The summed E-state index contributed by atoms with van der Waals surface area (Å²) in [6.45, 7) is 1.57. The minimum Gasteiger partial charge on any atom is -0.480 e. The first-order valence-corrected chi connectivity index (χ1v) is 11.6. The van der Waals surface area contributed by atoms with E-state index in [9.17, 15) is 38.4 Å². The fourth-order valence-corrected chi connectivity index (χ4v) is 3.64. The van der Waals surface area contributed by atoms with Crippen LogP contribution in [0.1, 0.15) is 39.5 Å². The van der Waals surface area contributed by atoms with Crippen LogP contribution in [0.2, 0.25) is 0 Å². The topological polar surface area (TPSA) is 190 Å². The molecule has 0 aromatic heterocycles. The molecule has 14 heteroatoms. The van der Waals surface area contributed by atoms with E-state index in [-0.39, 0.29) is 13.1 Å². The van der Waals surface area contributed by atoms with Gasteiger partial charge in [0.05, 0.1) is 0 Å². The average Bonchev–Trinajstić information content (AvgIpc) is 2.83. The summed E-state index contributed by atoms with van der Waals surface area (Å²) in [5, 5.41) is 18.2. The number of carboxylic acids is 2. The lowest BCUT2D eigenvalue weighted by molar-refractivity contribution is -0.151. The molecule has 2 N–H and O–H groups in total. The van der Waals surface area contributed by atoms with Crippen molar-refractivity contribution in [2.45, 2.75) is 39.5 Å². The number of hydrogen-bond donors (Lipinski definition) is 2.